The predicted octanol–water partition coefficient (Wildman–Crippen LogP) is 2.49. The molecule has 0 saturated heterocycles. The summed E-state index contributed by atoms with van der Waals surface area (Å²) < 4.78 is 7.13. The number of aryl methyl sites for hydroxylation is 2. The van der Waals surface area contributed by atoms with Crippen LogP contribution in [0.15, 0.2) is 12.3 Å². The Morgan fingerprint density at radius 1 is 1.39 bits per heavy atom. The molecule has 0 aliphatic rings. The van der Waals surface area contributed by atoms with Gasteiger partial charge in [-0.05, 0) is 25.8 Å². The maximum Gasteiger partial charge on any atom is 0.272 e. The molecule has 2 rings (SSSR count). The van der Waals surface area contributed by atoms with Crippen molar-refractivity contribution in [1.29, 1.82) is 0 Å². The summed E-state index contributed by atoms with van der Waals surface area (Å²) in [5.41, 5.74) is 4.17. The number of hydrogen-bond donors (Lipinski definition) is 1. The Hall–Kier alpha value is -2.37. The minimum Gasteiger partial charge on any atom is -0.496 e. The zero-order valence-electron chi connectivity index (χ0n) is 14.6. The molecular formula is C17H24N4O2. The summed E-state index contributed by atoms with van der Waals surface area (Å²) in [7, 11) is 3.49. The smallest absolute Gasteiger partial charge is 0.272 e. The van der Waals surface area contributed by atoms with Crippen LogP contribution in [0.2, 0.25) is 0 Å². The van der Waals surface area contributed by atoms with Crippen molar-refractivity contribution in [3.63, 3.8) is 0 Å². The van der Waals surface area contributed by atoms with Gasteiger partial charge in [0.15, 0.2) is 0 Å². The molecule has 0 spiro atoms. The van der Waals surface area contributed by atoms with E-state index in [-0.39, 0.29) is 5.91 Å². The highest BCUT2D eigenvalue weighted by Crippen LogP contribution is 2.23. The summed E-state index contributed by atoms with van der Waals surface area (Å²) in [5, 5.41) is 7.15. The molecular weight excluding hydrogens is 292 g/mol. The molecule has 0 aliphatic heterocycles. The predicted molar refractivity (Wildman–Crippen MR) is 88.7 cm³/mol. The fourth-order valence-corrected chi connectivity index (χ4v) is 2.64. The number of pyridine rings is 1. The van der Waals surface area contributed by atoms with Crippen LogP contribution in [0.5, 0.6) is 5.75 Å². The molecule has 23 heavy (non-hydrogen) atoms. The van der Waals surface area contributed by atoms with Crippen LogP contribution in [0.25, 0.3) is 0 Å². The number of aromatic nitrogens is 3. The van der Waals surface area contributed by atoms with Crippen LogP contribution in [0.4, 0.5) is 0 Å². The molecule has 124 valence electrons. The molecule has 0 saturated carbocycles. The van der Waals surface area contributed by atoms with E-state index in [0.717, 1.165) is 28.3 Å². The van der Waals surface area contributed by atoms with Crippen molar-refractivity contribution in [3.8, 4) is 5.75 Å². The first-order chi connectivity index (χ1) is 10.8. The van der Waals surface area contributed by atoms with Crippen LogP contribution in [0.1, 0.15) is 52.8 Å². The van der Waals surface area contributed by atoms with E-state index in [1.807, 2.05) is 27.0 Å². The zero-order chi connectivity index (χ0) is 17.1. The molecule has 1 N–H and O–H groups in total. The van der Waals surface area contributed by atoms with Gasteiger partial charge in [-0.2, -0.15) is 5.10 Å². The Labute approximate surface area is 136 Å². The second-order valence-corrected chi connectivity index (χ2v) is 5.96. The fourth-order valence-electron chi connectivity index (χ4n) is 2.64. The first kappa shape index (κ1) is 17.0. The molecule has 0 radical (unpaired) electrons. The third-order valence-corrected chi connectivity index (χ3v) is 3.91. The van der Waals surface area contributed by atoms with E-state index in [2.05, 4.69) is 29.2 Å². The number of amides is 1. The molecule has 0 unspecified atom stereocenters. The second kappa shape index (κ2) is 6.81. The molecule has 0 aliphatic carbocycles. The minimum atomic E-state index is -0.201. The average molecular weight is 316 g/mol. The molecule has 2 heterocycles. The summed E-state index contributed by atoms with van der Waals surface area (Å²) in [5.74, 6) is 0.928. The standard InChI is InChI=1S/C17H24N4O2/c1-10(2)15-7-13(20-21(15)5)17(22)19-9-14-12(4)16(23-6)11(3)8-18-14/h7-8,10H,9H2,1-6H3,(H,19,22). The molecule has 6 nitrogen and oxygen atoms in total. The van der Waals surface area contributed by atoms with Crippen molar-refractivity contribution in [2.75, 3.05) is 7.11 Å². The Morgan fingerprint density at radius 3 is 2.65 bits per heavy atom. The van der Waals surface area contributed by atoms with Gasteiger partial charge in [0.1, 0.15) is 11.4 Å². The van der Waals surface area contributed by atoms with E-state index in [1.165, 1.54) is 0 Å². The number of rotatable bonds is 5. The lowest BCUT2D eigenvalue weighted by atomic mass is 10.1. The van der Waals surface area contributed by atoms with Crippen LogP contribution in [-0.2, 0) is 13.6 Å². The van der Waals surface area contributed by atoms with Gasteiger partial charge in [-0.15, -0.1) is 0 Å². The lowest BCUT2D eigenvalue weighted by Crippen LogP contribution is -2.24. The number of nitrogens with zero attached hydrogens (tertiary/aromatic N) is 3. The molecule has 2 aromatic rings. The topological polar surface area (TPSA) is 69.0 Å². The van der Waals surface area contributed by atoms with Crippen molar-refractivity contribution >= 4 is 5.91 Å². The quantitative estimate of drug-likeness (QED) is 0.920. The van der Waals surface area contributed by atoms with Gasteiger partial charge in [0.05, 0.1) is 19.3 Å². The van der Waals surface area contributed by atoms with Gasteiger partial charge in [-0.3, -0.25) is 14.5 Å². The second-order valence-electron chi connectivity index (χ2n) is 5.96. The third-order valence-electron chi connectivity index (χ3n) is 3.91. The van der Waals surface area contributed by atoms with E-state index in [1.54, 1.807) is 18.0 Å². The van der Waals surface area contributed by atoms with Gasteiger partial charge in [0.25, 0.3) is 5.91 Å². The number of nitrogens with one attached hydrogen (secondary N) is 1. The largest absolute Gasteiger partial charge is 0.496 e. The van der Waals surface area contributed by atoms with Crippen LogP contribution in [0.3, 0.4) is 0 Å². The molecule has 0 bridgehead atoms. The fraction of sp³-hybridized carbons (Fsp3) is 0.471. The van der Waals surface area contributed by atoms with Crippen LogP contribution < -0.4 is 10.1 Å². The van der Waals surface area contributed by atoms with E-state index >= 15 is 0 Å². The average Bonchev–Trinajstić information content (AvgIpc) is 2.89. The third kappa shape index (κ3) is 3.52. The Kier molecular flexibility index (Phi) is 5.03. The van der Waals surface area contributed by atoms with Gasteiger partial charge in [-0.25, -0.2) is 0 Å². The monoisotopic (exact) mass is 316 g/mol. The molecule has 0 fully saturated rings. The van der Waals surface area contributed by atoms with Crippen molar-refractivity contribution in [1.82, 2.24) is 20.1 Å². The zero-order valence-corrected chi connectivity index (χ0v) is 14.6. The Balaban J connectivity index is 2.12. The van der Waals surface area contributed by atoms with Crippen LogP contribution >= 0.6 is 0 Å². The summed E-state index contributed by atoms with van der Waals surface area (Å²) in [6.45, 7) is 8.38. The van der Waals surface area contributed by atoms with Crippen molar-refractivity contribution in [2.24, 2.45) is 7.05 Å². The number of ether oxygens (including phenoxy) is 1. The molecule has 2 aromatic heterocycles. The van der Waals surface area contributed by atoms with E-state index < -0.39 is 0 Å². The summed E-state index contributed by atoms with van der Waals surface area (Å²) in [6, 6.07) is 1.83. The Morgan fingerprint density at radius 2 is 2.09 bits per heavy atom. The lowest BCUT2D eigenvalue weighted by Gasteiger charge is -2.12. The first-order valence-electron chi connectivity index (χ1n) is 7.66. The van der Waals surface area contributed by atoms with Crippen molar-refractivity contribution in [3.05, 3.63) is 40.5 Å². The van der Waals surface area contributed by atoms with Gasteiger partial charge >= 0.3 is 0 Å². The number of carbonyl (C=O) groups excluding carboxylic acids is 1. The number of methoxy groups -OCH3 is 1. The van der Waals surface area contributed by atoms with E-state index in [9.17, 15) is 4.79 Å². The van der Waals surface area contributed by atoms with Crippen molar-refractivity contribution < 1.29 is 9.53 Å². The van der Waals surface area contributed by atoms with Gasteiger partial charge in [0, 0.05) is 30.1 Å². The highest BCUT2D eigenvalue weighted by Gasteiger charge is 2.16. The molecule has 6 heteroatoms. The van der Waals surface area contributed by atoms with Gasteiger partial charge < -0.3 is 10.1 Å². The number of carbonyl (C=O) groups is 1. The molecule has 1 amide bonds. The Bertz CT molecular complexity index is 720. The summed E-state index contributed by atoms with van der Waals surface area (Å²) in [4.78, 5) is 16.7. The van der Waals surface area contributed by atoms with Crippen LogP contribution in [0, 0.1) is 13.8 Å². The van der Waals surface area contributed by atoms with E-state index in [4.69, 9.17) is 4.74 Å². The van der Waals surface area contributed by atoms with E-state index in [0.29, 0.717) is 18.2 Å². The van der Waals surface area contributed by atoms with Gasteiger partial charge in [0.2, 0.25) is 0 Å². The molecule has 0 aromatic carbocycles. The summed E-state index contributed by atoms with van der Waals surface area (Å²) in [6.07, 6.45) is 1.75. The maximum absolute atomic E-state index is 12.3. The van der Waals surface area contributed by atoms with Crippen LogP contribution in [-0.4, -0.2) is 27.8 Å². The highest BCUT2D eigenvalue weighted by molar-refractivity contribution is 5.92. The lowest BCUT2D eigenvalue weighted by molar-refractivity contribution is 0.0944. The summed E-state index contributed by atoms with van der Waals surface area (Å²) >= 11 is 0. The highest BCUT2D eigenvalue weighted by atomic mass is 16.5. The molecule has 0 atom stereocenters. The van der Waals surface area contributed by atoms with Crippen molar-refractivity contribution in [2.45, 2.75) is 40.2 Å². The maximum atomic E-state index is 12.3. The minimum absolute atomic E-state index is 0.201. The van der Waals surface area contributed by atoms with Gasteiger partial charge in [-0.1, -0.05) is 13.8 Å². The normalized spacial score (nSPS) is 10.9. The number of hydrogen-bond acceptors (Lipinski definition) is 4. The SMILES string of the molecule is COc1c(C)cnc(CNC(=O)c2cc(C(C)C)n(C)n2)c1C. The first-order valence-corrected chi connectivity index (χ1v) is 7.66.